The van der Waals surface area contributed by atoms with Gasteiger partial charge in [-0.2, -0.15) is 0 Å². The summed E-state index contributed by atoms with van der Waals surface area (Å²) in [4.78, 5) is 16.3. The molecule has 1 N–H and O–H groups in total. The zero-order valence-electron chi connectivity index (χ0n) is 8.46. The van der Waals surface area contributed by atoms with Crippen LogP contribution in [0.2, 0.25) is 0 Å². The molecule has 1 aliphatic rings. The van der Waals surface area contributed by atoms with E-state index in [4.69, 9.17) is 9.57 Å². The number of carbonyl (C=O) groups excluding carboxylic acids is 1. The van der Waals surface area contributed by atoms with Crippen LogP contribution in [-0.2, 0) is 14.4 Å². The lowest BCUT2D eigenvalue weighted by molar-refractivity contribution is -0.170. The molecule has 0 unspecified atom stereocenters. The smallest absolute Gasteiger partial charge is 0.265 e. The van der Waals surface area contributed by atoms with E-state index in [1.54, 1.807) is 7.05 Å². The Hall–Kier alpha value is -0.650. The van der Waals surface area contributed by atoms with E-state index < -0.39 is 5.72 Å². The Balaban J connectivity index is 2.51. The molecule has 1 heterocycles. The first-order valence-corrected chi connectivity index (χ1v) is 4.19. The summed E-state index contributed by atoms with van der Waals surface area (Å²) in [5, 5.41) is 4.25. The van der Waals surface area contributed by atoms with Crippen molar-refractivity contribution in [3.8, 4) is 0 Å². The van der Waals surface area contributed by atoms with Gasteiger partial charge in [0.25, 0.3) is 5.91 Å². The molecule has 0 bridgehead atoms. The molecule has 1 fully saturated rings. The van der Waals surface area contributed by atoms with Crippen LogP contribution in [0.15, 0.2) is 0 Å². The fourth-order valence-corrected chi connectivity index (χ4v) is 1.24. The summed E-state index contributed by atoms with van der Waals surface area (Å²) in [6, 6.07) is -0.306. The zero-order chi connectivity index (χ0) is 10.1. The summed E-state index contributed by atoms with van der Waals surface area (Å²) in [6.07, 6.45) is 0. The van der Waals surface area contributed by atoms with Crippen molar-refractivity contribution in [2.45, 2.75) is 25.6 Å². The van der Waals surface area contributed by atoms with Gasteiger partial charge in [-0.15, -0.1) is 0 Å². The molecule has 1 aliphatic heterocycles. The van der Waals surface area contributed by atoms with Crippen molar-refractivity contribution in [3.63, 3.8) is 0 Å². The minimum Gasteiger partial charge on any atom is -0.359 e. The van der Waals surface area contributed by atoms with E-state index in [9.17, 15) is 4.79 Å². The maximum atomic E-state index is 11.5. The van der Waals surface area contributed by atoms with Crippen LogP contribution in [0.3, 0.4) is 0 Å². The van der Waals surface area contributed by atoms with E-state index >= 15 is 0 Å². The third kappa shape index (κ3) is 2.40. The lowest BCUT2D eigenvalue weighted by Crippen LogP contribution is -2.47. The molecule has 5 heteroatoms. The highest BCUT2D eigenvalue weighted by molar-refractivity contribution is 5.81. The van der Waals surface area contributed by atoms with Crippen LogP contribution < -0.4 is 5.32 Å². The molecule has 0 aromatic rings. The highest BCUT2D eigenvalue weighted by Gasteiger charge is 2.36. The number of amides is 1. The molecule has 0 spiro atoms. The fourth-order valence-electron chi connectivity index (χ4n) is 1.24. The van der Waals surface area contributed by atoms with E-state index in [0.29, 0.717) is 6.61 Å². The Morgan fingerprint density at radius 2 is 2.31 bits per heavy atom. The van der Waals surface area contributed by atoms with Gasteiger partial charge in [0, 0.05) is 7.05 Å². The summed E-state index contributed by atoms with van der Waals surface area (Å²) in [5.74, 6) is -0.118. The summed E-state index contributed by atoms with van der Waals surface area (Å²) in [7, 11) is 3.04. The number of hydroxylamine groups is 2. The van der Waals surface area contributed by atoms with Crippen molar-refractivity contribution >= 4 is 5.91 Å². The van der Waals surface area contributed by atoms with Gasteiger partial charge >= 0.3 is 0 Å². The molecule has 0 aromatic carbocycles. The number of likely N-dealkylation sites (N-methyl/N-ethyl adjacent to an activating group) is 1. The van der Waals surface area contributed by atoms with Gasteiger partial charge in [-0.3, -0.25) is 14.9 Å². The standard InChI is InChI=1S/C8H16N2O3/c1-8(2)9-6(5-13-8)7(11)10(3)12-4/h6,9H,5H2,1-4H3/t6-/m1/s1. The third-order valence-electron chi connectivity index (χ3n) is 2.01. The molecule has 1 rings (SSSR count). The van der Waals surface area contributed by atoms with Crippen molar-refractivity contribution in [1.29, 1.82) is 0 Å². The maximum absolute atomic E-state index is 11.5. The average molecular weight is 188 g/mol. The average Bonchev–Trinajstić information content (AvgIpc) is 2.43. The largest absolute Gasteiger partial charge is 0.359 e. The second-order valence-corrected chi connectivity index (χ2v) is 3.54. The van der Waals surface area contributed by atoms with E-state index in [1.165, 1.54) is 12.2 Å². The van der Waals surface area contributed by atoms with Crippen molar-refractivity contribution in [2.75, 3.05) is 20.8 Å². The van der Waals surface area contributed by atoms with E-state index in [0.717, 1.165) is 0 Å². The Morgan fingerprint density at radius 3 is 2.69 bits per heavy atom. The van der Waals surface area contributed by atoms with Gasteiger partial charge in [0.2, 0.25) is 0 Å². The van der Waals surface area contributed by atoms with Crippen LogP contribution in [0.25, 0.3) is 0 Å². The molecule has 1 atom stereocenters. The number of hydrogen-bond acceptors (Lipinski definition) is 4. The Labute approximate surface area is 77.9 Å². The van der Waals surface area contributed by atoms with Crippen LogP contribution in [0, 0.1) is 0 Å². The van der Waals surface area contributed by atoms with Crippen LogP contribution in [0.5, 0.6) is 0 Å². The Bertz CT molecular complexity index is 206. The summed E-state index contributed by atoms with van der Waals surface area (Å²) >= 11 is 0. The summed E-state index contributed by atoms with van der Waals surface area (Å²) < 4.78 is 5.35. The van der Waals surface area contributed by atoms with Crippen LogP contribution in [0.4, 0.5) is 0 Å². The van der Waals surface area contributed by atoms with Gasteiger partial charge in [0.1, 0.15) is 11.8 Å². The highest BCUT2D eigenvalue weighted by Crippen LogP contribution is 2.15. The lowest BCUT2D eigenvalue weighted by Gasteiger charge is -2.20. The number of carbonyl (C=O) groups is 1. The molecule has 0 aromatic heterocycles. The minimum absolute atomic E-state index is 0.118. The van der Waals surface area contributed by atoms with Gasteiger partial charge in [0.15, 0.2) is 0 Å². The van der Waals surface area contributed by atoms with Crippen LogP contribution in [-0.4, -0.2) is 43.5 Å². The molecule has 5 nitrogen and oxygen atoms in total. The van der Waals surface area contributed by atoms with Crippen molar-refractivity contribution in [3.05, 3.63) is 0 Å². The maximum Gasteiger partial charge on any atom is 0.265 e. The number of ether oxygens (including phenoxy) is 1. The monoisotopic (exact) mass is 188 g/mol. The first kappa shape index (κ1) is 10.4. The van der Waals surface area contributed by atoms with Gasteiger partial charge in [-0.1, -0.05) is 0 Å². The molecular weight excluding hydrogens is 172 g/mol. The quantitative estimate of drug-likeness (QED) is 0.606. The number of hydrogen-bond donors (Lipinski definition) is 1. The van der Waals surface area contributed by atoms with Gasteiger partial charge in [-0.05, 0) is 13.8 Å². The lowest BCUT2D eigenvalue weighted by atomic mass is 10.2. The Kier molecular flexibility index (Phi) is 2.90. The van der Waals surface area contributed by atoms with Gasteiger partial charge in [0.05, 0.1) is 13.7 Å². The molecule has 13 heavy (non-hydrogen) atoms. The molecule has 76 valence electrons. The van der Waals surface area contributed by atoms with Crippen LogP contribution >= 0.6 is 0 Å². The third-order valence-corrected chi connectivity index (χ3v) is 2.01. The van der Waals surface area contributed by atoms with Crippen molar-refractivity contribution < 1.29 is 14.4 Å². The molecule has 1 amide bonds. The number of rotatable bonds is 2. The second kappa shape index (κ2) is 3.61. The normalized spacial score (nSPS) is 26.0. The molecule has 0 aliphatic carbocycles. The first-order valence-electron chi connectivity index (χ1n) is 4.19. The van der Waals surface area contributed by atoms with Crippen LogP contribution in [0.1, 0.15) is 13.8 Å². The number of nitrogens with one attached hydrogen (secondary N) is 1. The topological polar surface area (TPSA) is 50.8 Å². The molecule has 0 radical (unpaired) electrons. The predicted octanol–water partition coefficient (Wildman–Crippen LogP) is -0.269. The van der Waals surface area contributed by atoms with E-state index in [-0.39, 0.29) is 11.9 Å². The Morgan fingerprint density at radius 1 is 1.69 bits per heavy atom. The van der Waals surface area contributed by atoms with Crippen molar-refractivity contribution in [1.82, 2.24) is 10.4 Å². The fraction of sp³-hybridized carbons (Fsp3) is 0.875. The first-order chi connectivity index (χ1) is 5.96. The van der Waals surface area contributed by atoms with Gasteiger partial charge < -0.3 is 4.74 Å². The summed E-state index contributed by atoms with van der Waals surface area (Å²) in [5.41, 5.74) is -0.422. The van der Waals surface area contributed by atoms with Crippen molar-refractivity contribution in [2.24, 2.45) is 0 Å². The number of nitrogens with zero attached hydrogens (tertiary/aromatic N) is 1. The van der Waals surface area contributed by atoms with Gasteiger partial charge in [-0.25, -0.2) is 5.06 Å². The van der Waals surface area contributed by atoms with E-state index in [2.05, 4.69) is 5.32 Å². The van der Waals surface area contributed by atoms with E-state index in [1.807, 2.05) is 13.8 Å². The highest BCUT2D eigenvalue weighted by atomic mass is 16.7. The minimum atomic E-state index is -0.422. The molecular formula is C8H16N2O3. The zero-order valence-corrected chi connectivity index (χ0v) is 8.46. The molecule has 1 saturated heterocycles. The molecule has 0 saturated carbocycles. The SMILES string of the molecule is CON(C)C(=O)[C@H]1COC(C)(C)N1. The second-order valence-electron chi connectivity index (χ2n) is 3.54. The summed E-state index contributed by atoms with van der Waals surface area (Å²) in [6.45, 7) is 4.15. The predicted molar refractivity (Wildman–Crippen MR) is 46.7 cm³/mol.